The van der Waals surface area contributed by atoms with Crippen LogP contribution in [0.4, 0.5) is 13.2 Å². The zero-order valence-corrected chi connectivity index (χ0v) is 6.50. The van der Waals surface area contributed by atoms with E-state index in [4.69, 9.17) is 0 Å². The highest BCUT2D eigenvalue weighted by Gasteiger charge is 2.12. The van der Waals surface area contributed by atoms with Crippen molar-refractivity contribution >= 4 is 5.57 Å². The molecule has 1 aromatic rings. The highest BCUT2D eigenvalue weighted by Crippen LogP contribution is 2.20. The van der Waals surface area contributed by atoms with Crippen molar-refractivity contribution < 1.29 is 13.2 Å². The van der Waals surface area contributed by atoms with Gasteiger partial charge in [0.15, 0.2) is 17.5 Å². The van der Waals surface area contributed by atoms with E-state index in [1.807, 2.05) is 0 Å². The van der Waals surface area contributed by atoms with E-state index >= 15 is 0 Å². The summed E-state index contributed by atoms with van der Waals surface area (Å²) >= 11 is 0. The summed E-state index contributed by atoms with van der Waals surface area (Å²) in [6, 6.07) is 2.04. The predicted molar refractivity (Wildman–Crippen MR) is 41.0 cm³/mol. The Morgan fingerprint density at radius 2 is 1.75 bits per heavy atom. The lowest BCUT2D eigenvalue weighted by molar-refractivity contribution is 0.445. The summed E-state index contributed by atoms with van der Waals surface area (Å²) in [6.45, 7) is 4.95. The van der Waals surface area contributed by atoms with Crippen molar-refractivity contribution in [1.29, 1.82) is 0 Å². The lowest BCUT2D eigenvalue weighted by Gasteiger charge is -2.02. The fraction of sp³-hybridized carbons (Fsp3) is 0.111. The summed E-state index contributed by atoms with van der Waals surface area (Å²) in [6.07, 6.45) is 0. The third-order valence-electron chi connectivity index (χ3n) is 1.49. The number of benzene rings is 1. The summed E-state index contributed by atoms with van der Waals surface area (Å²) in [5.74, 6) is -3.81. The van der Waals surface area contributed by atoms with Crippen LogP contribution in [0.2, 0.25) is 0 Å². The minimum absolute atomic E-state index is 0.00824. The average Bonchev–Trinajstić information content (AvgIpc) is 2.00. The van der Waals surface area contributed by atoms with E-state index in [1.54, 1.807) is 0 Å². The van der Waals surface area contributed by atoms with Crippen molar-refractivity contribution in [1.82, 2.24) is 0 Å². The molecule has 0 aliphatic carbocycles. The second-order valence-corrected chi connectivity index (χ2v) is 2.50. The molecule has 1 rings (SSSR count). The smallest absolute Gasteiger partial charge is 0.195 e. The molecule has 0 aliphatic heterocycles. The molecular formula is C9H7F3. The minimum Gasteiger partial charge on any atom is -0.204 e. The molecule has 0 N–H and O–H groups in total. The summed E-state index contributed by atoms with van der Waals surface area (Å²) in [4.78, 5) is 0. The van der Waals surface area contributed by atoms with Crippen LogP contribution in [0, 0.1) is 17.5 Å². The van der Waals surface area contributed by atoms with Crippen LogP contribution >= 0.6 is 0 Å². The highest BCUT2D eigenvalue weighted by molar-refractivity contribution is 5.61. The van der Waals surface area contributed by atoms with Gasteiger partial charge in [0.25, 0.3) is 0 Å². The first-order chi connectivity index (χ1) is 5.54. The maximum Gasteiger partial charge on any atom is 0.195 e. The van der Waals surface area contributed by atoms with Crippen LogP contribution in [0.1, 0.15) is 12.5 Å². The largest absolute Gasteiger partial charge is 0.204 e. The van der Waals surface area contributed by atoms with Crippen LogP contribution in [0.3, 0.4) is 0 Å². The number of halogens is 3. The van der Waals surface area contributed by atoms with E-state index in [0.29, 0.717) is 5.57 Å². The minimum atomic E-state index is -1.45. The van der Waals surface area contributed by atoms with Crippen LogP contribution in [-0.2, 0) is 0 Å². The predicted octanol–water partition coefficient (Wildman–Crippen LogP) is 3.14. The summed E-state index contributed by atoms with van der Waals surface area (Å²) in [5, 5.41) is 0. The zero-order valence-electron chi connectivity index (χ0n) is 6.50. The lowest BCUT2D eigenvalue weighted by atomic mass is 10.1. The summed E-state index contributed by atoms with van der Waals surface area (Å²) in [7, 11) is 0. The Balaban J connectivity index is 3.36. The SMILES string of the molecule is C=C(C)c1ccc(F)c(F)c1F. The third kappa shape index (κ3) is 1.35. The molecule has 0 fully saturated rings. The van der Waals surface area contributed by atoms with Crippen LogP contribution in [0.15, 0.2) is 18.7 Å². The van der Waals surface area contributed by atoms with Crippen molar-refractivity contribution in [2.45, 2.75) is 6.92 Å². The van der Waals surface area contributed by atoms with Crippen molar-refractivity contribution in [3.63, 3.8) is 0 Å². The van der Waals surface area contributed by atoms with Crippen molar-refractivity contribution in [2.75, 3.05) is 0 Å². The van der Waals surface area contributed by atoms with E-state index in [9.17, 15) is 13.2 Å². The molecule has 0 amide bonds. The molecule has 0 saturated carbocycles. The van der Waals surface area contributed by atoms with E-state index in [2.05, 4.69) is 6.58 Å². The number of hydrogen-bond acceptors (Lipinski definition) is 0. The van der Waals surface area contributed by atoms with E-state index in [0.717, 1.165) is 12.1 Å². The van der Waals surface area contributed by atoms with Gasteiger partial charge < -0.3 is 0 Å². The van der Waals surface area contributed by atoms with Gasteiger partial charge in [-0.2, -0.15) is 0 Å². The second-order valence-electron chi connectivity index (χ2n) is 2.50. The molecule has 0 aromatic heterocycles. The fourth-order valence-electron chi connectivity index (χ4n) is 0.856. The van der Waals surface area contributed by atoms with Gasteiger partial charge in [-0.05, 0) is 24.6 Å². The Labute approximate surface area is 68.3 Å². The van der Waals surface area contributed by atoms with Gasteiger partial charge >= 0.3 is 0 Å². The Hall–Kier alpha value is -1.25. The molecule has 0 heterocycles. The van der Waals surface area contributed by atoms with Gasteiger partial charge in [-0.25, -0.2) is 13.2 Å². The quantitative estimate of drug-likeness (QED) is 0.571. The number of rotatable bonds is 1. The molecule has 12 heavy (non-hydrogen) atoms. The first kappa shape index (κ1) is 8.84. The summed E-state index contributed by atoms with van der Waals surface area (Å²) in [5.41, 5.74) is 0.375. The normalized spacial score (nSPS) is 10.0. The van der Waals surface area contributed by atoms with Gasteiger partial charge in [-0.1, -0.05) is 6.58 Å². The monoisotopic (exact) mass is 172 g/mol. The van der Waals surface area contributed by atoms with E-state index < -0.39 is 17.5 Å². The molecule has 3 heteroatoms. The van der Waals surface area contributed by atoms with E-state index in [-0.39, 0.29) is 5.56 Å². The lowest BCUT2D eigenvalue weighted by Crippen LogP contribution is -1.94. The molecule has 0 unspecified atom stereocenters. The second kappa shape index (κ2) is 3.01. The number of allylic oxidation sites excluding steroid dienone is 1. The van der Waals surface area contributed by atoms with Crippen LogP contribution in [0.5, 0.6) is 0 Å². The Kier molecular flexibility index (Phi) is 2.22. The van der Waals surface area contributed by atoms with E-state index in [1.165, 1.54) is 6.92 Å². The summed E-state index contributed by atoms with van der Waals surface area (Å²) < 4.78 is 37.8. The van der Waals surface area contributed by atoms with Gasteiger partial charge in [0, 0.05) is 5.56 Å². The van der Waals surface area contributed by atoms with Crippen molar-refractivity contribution in [3.8, 4) is 0 Å². The first-order valence-electron chi connectivity index (χ1n) is 3.33. The topological polar surface area (TPSA) is 0 Å². The van der Waals surface area contributed by atoms with Crippen LogP contribution in [-0.4, -0.2) is 0 Å². The molecule has 1 aromatic carbocycles. The van der Waals surface area contributed by atoms with Gasteiger partial charge in [0.05, 0.1) is 0 Å². The molecule has 0 aliphatic rings. The average molecular weight is 172 g/mol. The van der Waals surface area contributed by atoms with Gasteiger partial charge in [-0.3, -0.25) is 0 Å². The fourth-order valence-corrected chi connectivity index (χ4v) is 0.856. The van der Waals surface area contributed by atoms with Gasteiger partial charge in [-0.15, -0.1) is 0 Å². The standard InChI is InChI=1S/C9H7F3/c1-5(2)6-3-4-7(10)9(12)8(6)11/h3-4H,1H2,2H3. The van der Waals surface area contributed by atoms with Gasteiger partial charge in [0.2, 0.25) is 0 Å². The molecular weight excluding hydrogens is 165 g/mol. The molecule has 0 radical (unpaired) electrons. The van der Waals surface area contributed by atoms with Crippen molar-refractivity contribution in [2.24, 2.45) is 0 Å². The maximum atomic E-state index is 12.8. The Bertz CT molecular complexity index is 329. The van der Waals surface area contributed by atoms with Gasteiger partial charge in [0.1, 0.15) is 0 Å². The Morgan fingerprint density at radius 3 is 2.25 bits per heavy atom. The molecule has 0 nitrogen and oxygen atoms in total. The molecule has 64 valence electrons. The molecule has 0 spiro atoms. The third-order valence-corrected chi connectivity index (χ3v) is 1.49. The molecule has 0 saturated heterocycles. The van der Waals surface area contributed by atoms with Crippen LogP contribution in [0.25, 0.3) is 5.57 Å². The number of hydrogen-bond donors (Lipinski definition) is 0. The highest BCUT2D eigenvalue weighted by atomic mass is 19.2. The maximum absolute atomic E-state index is 12.8. The molecule has 0 bridgehead atoms. The Morgan fingerprint density at radius 1 is 1.17 bits per heavy atom. The molecule has 0 atom stereocenters. The zero-order chi connectivity index (χ0) is 9.30. The first-order valence-corrected chi connectivity index (χ1v) is 3.33. The van der Waals surface area contributed by atoms with Crippen LogP contribution < -0.4 is 0 Å². The van der Waals surface area contributed by atoms with Crippen molar-refractivity contribution in [3.05, 3.63) is 41.7 Å².